The number of nitrogens with zero attached hydrogens (tertiary/aromatic N) is 4. The molecule has 1 aliphatic heterocycles. The number of carboxylic acids is 4. The summed E-state index contributed by atoms with van der Waals surface area (Å²) in [6.45, 7) is 0. The van der Waals surface area contributed by atoms with Gasteiger partial charge in [-0.15, -0.1) is 0 Å². The molecule has 10 N–H and O–H groups in total. The van der Waals surface area contributed by atoms with Gasteiger partial charge in [0, 0.05) is 43.4 Å². The molecule has 0 unspecified atom stereocenters. The van der Waals surface area contributed by atoms with Gasteiger partial charge >= 0.3 is 23.9 Å². The molecule has 0 spiro atoms. The van der Waals surface area contributed by atoms with Crippen molar-refractivity contribution in [3.05, 3.63) is 111 Å². The summed E-state index contributed by atoms with van der Waals surface area (Å²) in [5.41, 5.74) is 2.37. The third-order valence-electron chi connectivity index (χ3n) is 9.13. The lowest BCUT2D eigenvalue weighted by Gasteiger charge is -2.11. The van der Waals surface area contributed by atoms with Gasteiger partial charge in [0.1, 0.15) is 45.2 Å². The number of benzene rings is 4. The number of aromatic carboxylic acids is 4. The summed E-state index contributed by atoms with van der Waals surface area (Å²) in [5, 5.41) is 43.8. The first-order chi connectivity index (χ1) is 25.5. The monoisotopic (exact) mass is 707 g/mol. The molecule has 0 amide bonds. The van der Waals surface area contributed by atoms with Crippen molar-refractivity contribution in [3.8, 4) is 0 Å². The lowest BCUT2D eigenvalue weighted by atomic mass is 9.90. The Labute approximate surface area is 291 Å². The second-order valence-electron chi connectivity index (χ2n) is 12.1. The number of aromatic nitrogens is 4. The van der Waals surface area contributed by atoms with Crippen LogP contribution in [-0.4, -0.2) is 64.2 Å². The van der Waals surface area contributed by atoms with Crippen LogP contribution in [0.3, 0.4) is 0 Å². The summed E-state index contributed by atoms with van der Waals surface area (Å²) < 4.78 is 0. The van der Waals surface area contributed by atoms with Gasteiger partial charge in [0.05, 0.1) is 27.6 Å². The summed E-state index contributed by atoms with van der Waals surface area (Å²) in [7, 11) is 0. The molecule has 17 heteroatoms. The number of carboxylic acid groups (broad SMARTS) is 4. The van der Waals surface area contributed by atoms with Crippen molar-refractivity contribution in [2.24, 2.45) is 20.0 Å². The van der Waals surface area contributed by atoms with Crippen LogP contribution in [0.5, 0.6) is 0 Å². The number of rotatable bonds is 4. The van der Waals surface area contributed by atoms with Gasteiger partial charge in [-0.2, -0.15) is 0 Å². The molecule has 0 aliphatic carbocycles. The van der Waals surface area contributed by atoms with Gasteiger partial charge < -0.3 is 46.1 Å². The van der Waals surface area contributed by atoms with E-state index in [0.717, 1.165) is 10.8 Å². The van der Waals surface area contributed by atoms with E-state index in [-0.39, 0.29) is 34.1 Å². The van der Waals surface area contributed by atoms with Gasteiger partial charge in [0.2, 0.25) is 0 Å². The number of nitrogens with one attached hydrogen (secondary N) is 4. The van der Waals surface area contributed by atoms with Gasteiger partial charge in [-0.05, 0) is 6.07 Å². The smallest absolute Gasteiger partial charge is 0.337 e. The van der Waals surface area contributed by atoms with Crippen LogP contribution >= 0.6 is 0 Å². The van der Waals surface area contributed by atoms with E-state index in [1.54, 1.807) is 42.5 Å². The average Bonchev–Trinajstić information content (AvgIpc) is 3.86. The highest BCUT2D eigenvalue weighted by Crippen LogP contribution is 2.38. The van der Waals surface area contributed by atoms with Gasteiger partial charge in [0.25, 0.3) is 0 Å². The highest BCUT2D eigenvalue weighted by Gasteiger charge is 2.36. The second kappa shape index (κ2) is 11.0. The minimum absolute atomic E-state index is 0.0411. The number of hydrogen-bond donors (Lipinski definition) is 9. The largest absolute Gasteiger partial charge is 0.478 e. The Kier molecular flexibility index (Phi) is 6.40. The van der Waals surface area contributed by atoms with Crippen LogP contribution in [0.1, 0.15) is 41.4 Å². The minimum atomic E-state index is -1.98. The molecule has 8 bridgehead atoms. The lowest BCUT2D eigenvalue weighted by Crippen LogP contribution is -2.22. The SMILES string of the molecule is Nc1cccc2c3[nH]c(c12)N=c1[nH]c(c2c(C(=O)O)c(C(=O)O)c(C(=O)O)c(C(=O)O)c12)=Nc1[nH]c(c2ccccc12)N=c1[nH]c(c2ccccc12)=N3. The van der Waals surface area contributed by atoms with Crippen LogP contribution in [0.4, 0.5) is 29.0 Å². The normalized spacial score (nSPS) is 12.3. The van der Waals surface area contributed by atoms with Crippen LogP contribution in [0.2, 0.25) is 0 Å². The number of carbonyl (C=O) groups is 4. The van der Waals surface area contributed by atoms with E-state index >= 15 is 0 Å². The number of hydrogen-bond acceptors (Lipinski definition) is 9. The molecule has 53 heavy (non-hydrogen) atoms. The topological polar surface area (TPSA) is 288 Å². The molecule has 0 atom stereocenters. The third-order valence-corrected chi connectivity index (χ3v) is 9.13. The summed E-state index contributed by atoms with van der Waals surface area (Å²) in [5.74, 6) is -6.87. The van der Waals surface area contributed by atoms with Crippen molar-refractivity contribution in [1.82, 2.24) is 19.9 Å². The van der Waals surface area contributed by atoms with Crippen molar-refractivity contribution < 1.29 is 39.6 Å². The molecule has 5 heterocycles. The molecule has 1 aliphatic rings. The Morgan fingerprint density at radius 3 is 1.28 bits per heavy atom. The van der Waals surface area contributed by atoms with Crippen molar-refractivity contribution in [1.29, 1.82) is 0 Å². The van der Waals surface area contributed by atoms with E-state index in [1.165, 1.54) is 0 Å². The van der Waals surface area contributed by atoms with E-state index in [1.807, 2.05) is 24.3 Å². The summed E-state index contributed by atoms with van der Waals surface area (Å²) in [4.78, 5) is 82.8. The van der Waals surface area contributed by atoms with Gasteiger partial charge in [-0.1, -0.05) is 60.7 Å². The molecule has 4 aromatic carbocycles. The highest BCUT2D eigenvalue weighted by molar-refractivity contribution is 6.23. The maximum Gasteiger partial charge on any atom is 0.337 e. The first kappa shape index (κ1) is 30.9. The van der Waals surface area contributed by atoms with E-state index in [2.05, 4.69) is 24.9 Å². The molecule has 8 aromatic rings. The van der Waals surface area contributed by atoms with Crippen LogP contribution in [0.15, 0.2) is 86.7 Å². The Balaban J connectivity index is 1.59. The Morgan fingerprint density at radius 2 is 0.792 bits per heavy atom. The fourth-order valence-electron chi connectivity index (χ4n) is 7.02. The Bertz CT molecular complexity index is 3280. The maximum absolute atomic E-state index is 13.0. The number of nitrogens with two attached hydrogens (primary N) is 1. The second-order valence-corrected chi connectivity index (χ2v) is 12.1. The molecule has 0 radical (unpaired) electrons. The molecule has 9 rings (SSSR count). The first-order valence-electron chi connectivity index (χ1n) is 15.7. The maximum atomic E-state index is 13.0. The van der Waals surface area contributed by atoms with Crippen LogP contribution in [-0.2, 0) is 0 Å². The predicted molar refractivity (Wildman–Crippen MR) is 189 cm³/mol. The molecule has 0 saturated heterocycles. The third kappa shape index (κ3) is 4.43. The zero-order valence-corrected chi connectivity index (χ0v) is 26.6. The average molecular weight is 708 g/mol. The van der Waals surface area contributed by atoms with Crippen molar-refractivity contribution >= 4 is 95.9 Å². The molecular weight excluding hydrogens is 686 g/mol. The lowest BCUT2D eigenvalue weighted by molar-refractivity contribution is 0.0621. The summed E-state index contributed by atoms with van der Waals surface area (Å²) in [6.07, 6.45) is 0. The van der Waals surface area contributed by atoms with E-state index < -0.39 is 56.9 Å². The molecule has 258 valence electrons. The van der Waals surface area contributed by atoms with E-state index in [4.69, 9.17) is 20.7 Å². The summed E-state index contributed by atoms with van der Waals surface area (Å²) in [6, 6.07) is 19.5. The molecule has 17 nitrogen and oxygen atoms in total. The Hall–Kier alpha value is -8.08. The number of nitrogen functional groups attached to an aromatic ring is 1. The van der Waals surface area contributed by atoms with E-state index in [9.17, 15) is 39.6 Å². The van der Waals surface area contributed by atoms with Crippen molar-refractivity contribution in [2.75, 3.05) is 5.73 Å². The predicted octanol–water partition coefficient (Wildman–Crippen LogP) is 4.11. The van der Waals surface area contributed by atoms with E-state index in [0.29, 0.717) is 38.3 Å². The van der Waals surface area contributed by atoms with Crippen LogP contribution < -0.4 is 27.7 Å². The van der Waals surface area contributed by atoms with Crippen LogP contribution in [0.25, 0.3) is 43.1 Å². The quantitative estimate of drug-likeness (QED) is 0.119. The highest BCUT2D eigenvalue weighted by atomic mass is 16.4. The molecule has 0 saturated carbocycles. The molecular formula is C36H21N9O8. The Morgan fingerprint density at radius 1 is 0.415 bits per heavy atom. The van der Waals surface area contributed by atoms with Gasteiger partial charge in [-0.25, -0.2) is 39.1 Å². The zero-order chi connectivity index (χ0) is 36.9. The van der Waals surface area contributed by atoms with Gasteiger partial charge in [0.15, 0.2) is 0 Å². The van der Waals surface area contributed by atoms with Gasteiger partial charge in [-0.3, -0.25) is 0 Å². The number of anilines is 1. The number of fused-ring (bicyclic) bond motifs is 20. The standard InChI is InChI=1S/C36H21N9O8/c37-17-11-5-10-16-18(17)30-43-29(16)41-27-13-7-2-1-6-12(13)25(39-27)38-26-14-8-3-4-9-15(14)28(40-26)42-31-19-20(32(44-30)45-31)22(34(48)49)24(36(52)53)23(35(50)51)21(19)33(46)47/h1-11H,37H2,(H,46,47)(H,48,49)(H,50,51)(H,52,53)(H4,38,39,40,41,42,43,44,45). The molecule has 4 aromatic heterocycles. The fourth-order valence-corrected chi connectivity index (χ4v) is 7.02. The first-order valence-corrected chi connectivity index (χ1v) is 15.7. The van der Waals surface area contributed by atoms with Crippen molar-refractivity contribution in [2.45, 2.75) is 0 Å². The summed E-state index contributed by atoms with van der Waals surface area (Å²) >= 11 is 0. The van der Waals surface area contributed by atoms with Crippen molar-refractivity contribution in [3.63, 3.8) is 0 Å². The zero-order valence-electron chi connectivity index (χ0n) is 26.6. The number of aromatic amines is 4. The minimum Gasteiger partial charge on any atom is -0.478 e. The fraction of sp³-hybridized carbons (Fsp3) is 0. The molecule has 0 fully saturated rings. The number of H-pyrrole nitrogens is 4. The van der Waals surface area contributed by atoms with Crippen LogP contribution in [0, 0.1) is 0 Å².